The van der Waals surface area contributed by atoms with Crippen molar-refractivity contribution in [2.24, 2.45) is 22.1 Å². The average Bonchev–Trinajstić information content (AvgIpc) is 3.38. The van der Waals surface area contributed by atoms with E-state index in [1.165, 1.54) is 40.7 Å². The fourth-order valence-corrected chi connectivity index (χ4v) is 6.44. The van der Waals surface area contributed by atoms with Crippen molar-refractivity contribution < 1.29 is 36.3 Å². The normalized spacial score (nSPS) is 19.3. The molecule has 1 fully saturated rings. The fraction of sp³-hybridized carbons (Fsp3) is 0.394. The molecule has 1 amide bonds. The van der Waals surface area contributed by atoms with Gasteiger partial charge in [0, 0.05) is 11.8 Å². The first kappa shape index (κ1) is 35.0. The molecule has 0 spiro atoms. The van der Waals surface area contributed by atoms with Gasteiger partial charge in [-0.25, -0.2) is 19.3 Å². The van der Waals surface area contributed by atoms with Gasteiger partial charge in [-0.15, -0.1) is 0 Å². The first-order chi connectivity index (χ1) is 23.6. The van der Waals surface area contributed by atoms with Gasteiger partial charge in [0.25, 0.3) is 5.91 Å². The number of carbonyl (C=O) groups is 2. The molecule has 264 valence electrons. The highest BCUT2D eigenvalue weighted by molar-refractivity contribution is 6.32. The van der Waals surface area contributed by atoms with Gasteiger partial charge in [0.1, 0.15) is 19.3 Å². The zero-order chi connectivity index (χ0) is 36.0. The molecule has 11 nitrogen and oxygen atoms in total. The van der Waals surface area contributed by atoms with Gasteiger partial charge < -0.3 is 10.5 Å². The zero-order valence-electron chi connectivity index (χ0n) is 26.8. The van der Waals surface area contributed by atoms with Crippen molar-refractivity contribution in [2.75, 3.05) is 6.61 Å². The van der Waals surface area contributed by atoms with E-state index < -0.39 is 54.6 Å². The van der Waals surface area contributed by atoms with Crippen LogP contribution >= 0.6 is 11.6 Å². The number of aliphatic imine (C=N–C) groups is 1. The number of nitrogens with two attached hydrogens (primary N) is 1. The molecule has 17 heteroatoms. The van der Waals surface area contributed by atoms with Gasteiger partial charge in [-0.2, -0.15) is 32.1 Å². The van der Waals surface area contributed by atoms with Gasteiger partial charge in [-0.3, -0.25) is 14.5 Å². The van der Waals surface area contributed by atoms with E-state index in [0.29, 0.717) is 32.6 Å². The lowest BCUT2D eigenvalue weighted by Gasteiger charge is -2.32. The van der Waals surface area contributed by atoms with Crippen molar-refractivity contribution in [3.8, 4) is 16.8 Å². The number of nitrogens with zero attached hydrogens (tertiary/aromatic N) is 7. The highest BCUT2D eigenvalue weighted by Crippen LogP contribution is 2.60. The zero-order valence-corrected chi connectivity index (χ0v) is 27.6. The maximum atomic E-state index is 14.7. The van der Waals surface area contributed by atoms with E-state index >= 15 is 0 Å². The molecule has 2 aromatic heterocycles. The van der Waals surface area contributed by atoms with Gasteiger partial charge in [0.05, 0.1) is 34.8 Å². The van der Waals surface area contributed by atoms with E-state index in [1.54, 1.807) is 36.4 Å². The Balaban J connectivity index is 1.36. The molecule has 3 heterocycles. The number of guanidine groups is 1. The molecule has 2 aliphatic rings. The second-order valence-electron chi connectivity index (χ2n) is 12.9. The Morgan fingerprint density at radius 2 is 1.80 bits per heavy atom. The topological polar surface area (TPSA) is 134 Å². The van der Waals surface area contributed by atoms with Crippen LogP contribution in [0.1, 0.15) is 63.2 Å². The molecular weight excluding hydrogens is 687 g/mol. The average molecular weight is 719 g/mol. The SMILES string of the molecule is CC(C)C[C@]1(c2ccc(-c3cnn(C(F)F)c3)cc2)N=C(N)N([C@H](COC(=O)CC2(C(F)(F)F)CC2)c2ccc(Cl)c(-n3cncn3)c2)C1=O. The lowest BCUT2D eigenvalue weighted by molar-refractivity contribution is -0.195. The predicted molar refractivity (Wildman–Crippen MR) is 171 cm³/mol. The summed E-state index contributed by atoms with van der Waals surface area (Å²) in [4.78, 5) is 37.4. The molecule has 6 rings (SSSR count). The Hall–Kier alpha value is -4.86. The first-order valence-corrected chi connectivity index (χ1v) is 16.0. The molecule has 0 radical (unpaired) electrons. The van der Waals surface area contributed by atoms with Crippen LogP contribution in [0.25, 0.3) is 16.8 Å². The van der Waals surface area contributed by atoms with Gasteiger partial charge >= 0.3 is 18.7 Å². The molecule has 0 unspecified atom stereocenters. The monoisotopic (exact) mass is 718 g/mol. The predicted octanol–water partition coefficient (Wildman–Crippen LogP) is 6.59. The minimum absolute atomic E-state index is 0.0813. The smallest absolute Gasteiger partial charge is 0.395 e. The summed E-state index contributed by atoms with van der Waals surface area (Å²) < 4.78 is 74.5. The van der Waals surface area contributed by atoms with Crippen molar-refractivity contribution in [2.45, 2.75) is 63.8 Å². The Labute approximate surface area is 287 Å². The third kappa shape index (κ3) is 6.55. The molecule has 4 aromatic rings. The molecule has 1 aliphatic heterocycles. The lowest BCUT2D eigenvalue weighted by Crippen LogP contribution is -2.47. The van der Waals surface area contributed by atoms with Crippen LogP contribution in [-0.4, -0.2) is 60.1 Å². The van der Waals surface area contributed by atoms with Crippen molar-refractivity contribution in [1.82, 2.24) is 29.4 Å². The maximum Gasteiger partial charge on any atom is 0.395 e. The quantitative estimate of drug-likeness (QED) is 0.129. The Bertz CT molecular complexity index is 1910. The first-order valence-electron chi connectivity index (χ1n) is 15.6. The van der Waals surface area contributed by atoms with E-state index in [2.05, 4.69) is 15.2 Å². The number of amides is 1. The van der Waals surface area contributed by atoms with Gasteiger partial charge in [0.2, 0.25) is 0 Å². The molecule has 2 aromatic carbocycles. The molecule has 50 heavy (non-hydrogen) atoms. The van der Waals surface area contributed by atoms with Crippen LogP contribution in [0.15, 0.2) is 72.5 Å². The van der Waals surface area contributed by atoms with Crippen LogP contribution in [0.2, 0.25) is 5.02 Å². The van der Waals surface area contributed by atoms with E-state index in [-0.39, 0.29) is 36.2 Å². The number of carbonyl (C=O) groups excluding carboxylic acids is 2. The number of esters is 1. The number of halogens is 6. The second-order valence-corrected chi connectivity index (χ2v) is 13.3. The van der Waals surface area contributed by atoms with Crippen LogP contribution in [-0.2, 0) is 19.9 Å². The van der Waals surface area contributed by atoms with Gasteiger partial charge in [-0.1, -0.05) is 55.8 Å². The molecule has 0 bridgehead atoms. The lowest BCUT2D eigenvalue weighted by atomic mass is 9.81. The van der Waals surface area contributed by atoms with E-state index in [0.717, 1.165) is 0 Å². The molecule has 2 atom stereocenters. The maximum absolute atomic E-state index is 14.7. The van der Waals surface area contributed by atoms with Crippen molar-refractivity contribution in [1.29, 1.82) is 0 Å². The van der Waals surface area contributed by atoms with E-state index in [9.17, 15) is 31.5 Å². The number of aromatic nitrogens is 5. The number of hydrogen-bond donors (Lipinski definition) is 1. The summed E-state index contributed by atoms with van der Waals surface area (Å²) in [6, 6.07) is 10.2. The third-order valence-electron chi connectivity index (χ3n) is 9.00. The van der Waals surface area contributed by atoms with Crippen LogP contribution < -0.4 is 5.73 Å². The second kappa shape index (κ2) is 13.1. The standard InChI is InChI=1S/C33H32ClF5N8O3/c1-19(2)12-32(23-6-3-20(4-7-23)22-14-42-45(15-22)29(35)36)28(49)47(30(40)44-32)26(16-50-27(48)13-31(9-10-31)33(37,38)39)21-5-8-24(34)25(11-21)46-18-41-17-43-46/h3-8,11,14-15,17-19,26,29H,9-10,12-13,16H2,1-2H3,(H2,40,44)/t26-,32-/m1/s1. The summed E-state index contributed by atoms with van der Waals surface area (Å²) in [5.41, 5.74) is 5.06. The Kier molecular flexibility index (Phi) is 9.18. The van der Waals surface area contributed by atoms with Crippen LogP contribution in [0.4, 0.5) is 22.0 Å². The summed E-state index contributed by atoms with van der Waals surface area (Å²) in [5, 5.41) is 8.06. The number of benzene rings is 2. The molecule has 2 N–H and O–H groups in total. The largest absolute Gasteiger partial charge is 0.463 e. The molecule has 1 aliphatic carbocycles. The molecule has 1 saturated carbocycles. The van der Waals surface area contributed by atoms with Crippen molar-refractivity contribution in [3.05, 3.63) is 83.7 Å². The third-order valence-corrected chi connectivity index (χ3v) is 9.32. The summed E-state index contributed by atoms with van der Waals surface area (Å²) in [6.07, 6.45) is -0.372. The van der Waals surface area contributed by atoms with E-state index in [1.807, 2.05) is 13.8 Å². The fourth-order valence-electron chi connectivity index (χ4n) is 6.24. The summed E-state index contributed by atoms with van der Waals surface area (Å²) in [5.74, 6) is -1.92. The van der Waals surface area contributed by atoms with Crippen molar-refractivity contribution >= 4 is 29.4 Å². The minimum atomic E-state index is -4.56. The van der Waals surface area contributed by atoms with Crippen molar-refractivity contribution in [3.63, 3.8) is 0 Å². The Morgan fingerprint density at radius 3 is 2.38 bits per heavy atom. The summed E-state index contributed by atoms with van der Waals surface area (Å²) in [6.45, 7) is 0.440. The minimum Gasteiger partial charge on any atom is -0.463 e. The van der Waals surface area contributed by atoms with Crippen LogP contribution in [0, 0.1) is 11.3 Å². The van der Waals surface area contributed by atoms with Crippen LogP contribution in [0.3, 0.4) is 0 Å². The molecule has 0 saturated heterocycles. The van der Waals surface area contributed by atoms with Gasteiger partial charge in [-0.05, 0) is 54.0 Å². The summed E-state index contributed by atoms with van der Waals surface area (Å²) in [7, 11) is 0. The van der Waals surface area contributed by atoms with Crippen LogP contribution in [0.5, 0.6) is 0 Å². The highest BCUT2D eigenvalue weighted by Gasteiger charge is 2.64. The Morgan fingerprint density at radius 1 is 1.08 bits per heavy atom. The number of alkyl halides is 5. The molecular formula is C33H32ClF5N8O3. The van der Waals surface area contributed by atoms with Gasteiger partial charge in [0.15, 0.2) is 11.5 Å². The number of hydrogen-bond acceptors (Lipinski definition) is 8. The number of rotatable bonds is 12. The number of ether oxygens (including phenoxy) is 1. The van der Waals surface area contributed by atoms with E-state index in [4.69, 9.17) is 27.1 Å². The summed E-state index contributed by atoms with van der Waals surface area (Å²) >= 11 is 6.46. The highest BCUT2D eigenvalue weighted by atomic mass is 35.5.